The van der Waals surface area contributed by atoms with Crippen molar-refractivity contribution in [3.63, 3.8) is 0 Å². The molecule has 2 aliphatic rings. The van der Waals surface area contributed by atoms with Crippen molar-refractivity contribution in [1.82, 2.24) is 24.9 Å². The van der Waals surface area contributed by atoms with Gasteiger partial charge in [-0.15, -0.1) is 0 Å². The van der Waals surface area contributed by atoms with Crippen LogP contribution in [0.4, 0.5) is 0 Å². The van der Waals surface area contributed by atoms with Gasteiger partial charge in [0.2, 0.25) is 17.6 Å². The second-order valence-corrected chi connectivity index (χ2v) is 7.03. The van der Waals surface area contributed by atoms with Crippen molar-refractivity contribution in [2.24, 2.45) is 0 Å². The van der Waals surface area contributed by atoms with E-state index in [1.807, 2.05) is 17.0 Å². The van der Waals surface area contributed by atoms with Gasteiger partial charge in [0.05, 0.1) is 12.1 Å². The Balaban J connectivity index is 1.50. The third-order valence-corrected chi connectivity index (χ3v) is 5.36. The first kappa shape index (κ1) is 17.1. The quantitative estimate of drug-likeness (QED) is 0.883. The third-order valence-electron chi connectivity index (χ3n) is 5.36. The van der Waals surface area contributed by atoms with Gasteiger partial charge in [0.25, 0.3) is 0 Å². The van der Waals surface area contributed by atoms with Gasteiger partial charge in [-0.2, -0.15) is 4.98 Å². The number of likely N-dealkylation sites (tertiary alicyclic amines) is 2. The largest absolute Gasteiger partial charge is 0.392 e. The Morgan fingerprint density at radius 1 is 1.27 bits per heavy atom. The highest BCUT2D eigenvalue weighted by Crippen LogP contribution is 2.36. The number of hydrogen-bond acceptors (Lipinski definition) is 7. The Bertz CT molecular complexity index is 757. The molecule has 0 aromatic carbocycles. The van der Waals surface area contributed by atoms with Crippen LogP contribution in [-0.2, 0) is 4.79 Å². The zero-order valence-electron chi connectivity index (χ0n) is 14.8. The van der Waals surface area contributed by atoms with Gasteiger partial charge in [0.15, 0.2) is 0 Å². The first-order valence-corrected chi connectivity index (χ1v) is 9.05. The lowest BCUT2D eigenvalue weighted by atomic mass is 10.0. The van der Waals surface area contributed by atoms with Crippen molar-refractivity contribution in [3.8, 4) is 11.4 Å². The predicted molar refractivity (Wildman–Crippen MR) is 92.9 cm³/mol. The highest BCUT2D eigenvalue weighted by molar-refractivity contribution is 5.73. The molecule has 26 heavy (non-hydrogen) atoms. The molecule has 1 N–H and O–H groups in total. The summed E-state index contributed by atoms with van der Waals surface area (Å²) in [7, 11) is 0. The molecule has 2 atom stereocenters. The molecule has 2 fully saturated rings. The first-order valence-electron chi connectivity index (χ1n) is 9.05. The lowest BCUT2D eigenvalue weighted by Crippen LogP contribution is -2.46. The van der Waals surface area contributed by atoms with Crippen LogP contribution in [0.3, 0.4) is 0 Å². The average molecular weight is 357 g/mol. The molecule has 0 saturated carbocycles. The van der Waals surface area contributed by atoms with E-state index in [9.17, 15) is 9.90 Å². The van der Waals surface area contributed by atoms with Crippen molar-refractivity contribution in [1.29, 1.82) is 0 Å². The molecule has 0 unspecified atom stereocenters. The summed E-state index contributed by atoms with van der Waals surface area (Å²) in [6.45, 7) is 3.72. The summed E-state index contributed by atoms with van der Waals surface area (Å²) in [4.78, 5) is 24.3. The number of piperidine rings is 1. The van der Waals surface area contributed by atoms with Crippen LogP contribution in [0, 0.1) is 0 Å². The molecule has 2 saturated heterocycles. The van der Waals surface area contributed by atoms with E-state index in [4.69, 9.17) is 4.52 Å². The Labute approximate surface area is 151 Å². The second-order valence-electron chi connectivity index (χ2n) is 7.03. The smallest absolute Gasteiger partial charge is 0.244 e. The van der Waals surface area contributed by atoms with E-state index in [0.29, 0.717) is 30.7 Å². The molecule has 0 spiro atoms. The van der Waals surface area contributed by atoms with Crippen LogP contribution in [0.1, 0.15) is 38.1 Å². The number of carbonyl (C=O) groups is 1. The molecule has 4 heterocycles. The monoisotopic (exact) mass is 357 g/mol. The molecule has 1 amide bonds. The SMILES string of the molecule is CC(=O)N1CCC(N2C[C@H](O)C[C@H]2c2nc(-c3ccncc3)no2)CC1. The second kappa shape index (κ2) is 7.13. The molecular weight excluding hydrogens is 334 g/mol. The minimum atomic E-state index is -0.401. The van der Waals surface area contributed by atoms with E-state index in [1.54, 1.807) is 19.3 Å². The van der Waals surface area contributed by atoms with Crippen LogP contribution >= 0.6 is 0 Å². The minimum absolute atomic E-state index is 0.0815. The molecule has 138 valence electrons. The molecule has 0 aliphatic carbocycles. The Kier molecular flexibility index (Phi) is 4.69. The van der Waals surface area contributed by atoms with Crippen LogP contribution in [0.5, 0.6) is 0 Å². The number of hydrogen-bond donors (Lipinski definition) is 1. The van der Waals surface area contributed by atoms with Gasteiger partial charge in [-0.05, 0) is 31.4 Å². The van der Waals surface area contributed by atoms with E-state index in [1.165, 1.54) is 0 Å². The summed E-state index contributed by atoms with van der Waals surface area (Å²) in [6, 6.07) is 3.91. The van der Waals surface area contributed by atoms with Crippen LogP contribution in [-0.4, -0.2) is 67.7 Å². The van der Waals surface area contributed by atoms with Crippen molar-refractivity contribution in [2.45, 2.75) is 44.4 Å². The van der Waals surface area contributed by atoms with E-state index in [2.05, 4.69) is 20.0 Å². The molecule has 8 nitrogen and oxygen atoms in total. The number of aliphatic hydroxyl groups is 1. The Morgan fingerprint density at radius 2 is 2.00 bits per heavy atom. The number of aromatic nitrogens is 3. The number of rotatable bonds is 3. The first-order chi connectivity index (χ1) is 12.6. The van der Waals surface area contributed by atoms with Gasteiger partial charge in [0, 0.05) is 50.6 Å². The summed E-state index contributed by atoms with van der Waals surface area (Å²) < 4.78 is 5.53. The predicted octanol–water partition coefficient (Wildman–Crippen LogP) is 1.25. The van der Waals surface area contributed by atoms with Crippen molar-refractivity contribution >= 4 is 5.91 Å². The summed E-state index contributed by atoms with van der Waals surface area (Å²) in [5.41, 5.74) is 0.856. The summed E-state index contributed by atoms with van der Waals surface area (Å²) >= 11 is 0. The number of β-amino-alcohol motifs (C(OH)–C–C–N with tert-alkyl or cyclic N) is 1. The lowest BCUT2D eigenvalue weighted by Gasteiger charge is -2.38. The van der Waals surface area contributed by atoms with Gasteiger partial charge >= 0.3 is 0 Å². The highest BCUT2D eigenvalue weighted by Gasteiger charge is 2.40. The molecule has 0 bridgehead atoms. The van der Waals surface area contributed by atoms with Gasteiger partial charge in [0.1, 0.15) is 0 Å². The summed E-state index contributed by atoms with van der Waals surface area (Å²) in [6.07, 6.45) is 5.37. The number of pyridine rings is 1. The fraction of sp³-hybridized carbons (Fsp3) is 0.556. The van der Waals surface area contributed by atoms with Gasteiger partial charge in [-0.1, -0.05) is 5.16 Å². The molecule has 2 aliphatic heterocycles. The van der Waals surface area contributed by atoms with E-state index >= 15 is 0 Å². The van der Waals surface area contributed by atoms with Crippen LogP contribution in [0.2, 0.25) is 0 Å². The minimum Gasteiger partial charge on any atom is -0.392 e. The topological polar surface area (TPSA) is 95.6 Å². The maximum absolute atomic E-state index is 11.5. The number of carbonyl (C=O) groups excluding carboxylic acids is 1. The van der Waals surface area contributed by atoms with Crippen molar-refractivity contribution in [3.05, 3.63) is 30.4 Å². The zero-order chi connectivity index (χ0) is 18.1. The van der Waals surface area contributed by atoms with E-state index in [0.717, 1.165) is 31.5 Å². The summed E-state index contributed by atoms with van der Waals surface area (Å²) in [5.74, 6) is 1.21. The van der Waals surface area contributed by atoms with E-state index in [-0.39, 0.29) is 11.9 Å². The van der Waals surface area contributed by atoms with Crippen LogP contribution < -0.4 is 0 Å². The molecular formula is C18H23N5O3. The molecule has 2 aromatic rings. The van der Waals surface area contributed by atoms with Gasteiger partial charge in [-0.3, -0.25) is 14.7 Å². The Hall–Kier alpha value is -2.32. The standard InChI is InChI=1S/C18H23N5O3/c1-12(24)22-8-4-14(5-9-22)23-11-15(25)10-16(23)18-20-17(21-26-18)13-2-6-19-7-3-13/h2-3,6-7,14-16,25H,4-5,8-11H2,1H3/t15-,16+/m1/s1. The lowest BCUT2D eigenvalue weighted by molar-refractivity contribution is -0.130. The maximum Gasteiger partial charge on any atom is 0.244 e. The molecule has 0 radical (unpaired) electrons. The highest BCUT2D eigenvalue weighted by atomic mass is 16.5. The van der Waals surface area contributed by atoms with Crippen molar-refractivity contribution in [2.75, 3.05) is 19.6 Å². The fourth-order valence-corrected chi connectivity index (χ4v) is 3.99. The zero-order valence-corrected chi connectivity index (χ0v) is 14.8. The van der Waals surface area contributed by atoms with Crippen molar-refractivity contribution < 1.29 is 14.4 Å². The molecule has 8 heteroatoms. The maximum atomic E-state index is 11.5. The third kappa shape index (κ3) is 3.34. The number of amides is 1. The van der Waals surface area contributed by atoms with Crippen LogP contribution in [0.25, 0.3) is 11.4 Å². The van der Waals surface area contributed by atoms with E-state index < -0.39 is 6.10 Å². The average Bonchev–Trinajstić information content (AvgIpc) is 3.29. The Morgan fingerprint density at radius 3 is 2.69 bits per heavy atom. The normalized spacial score (nSPS) is 24.9. The number of aliphatic hydroxyl groups excluding tert-OH is 1. The number of nitrogens with zero attached hydrogens (tertiary/aromatic N) is 5. The molecule has 4 rings (SSSR count). The fourth-order valence-electron chi connectivity index (χ4n) is 3.99. The van der Waals surface area contributed by atoms with Crippen LogP contribution in [0.15, 0.2) is 29.0 Å². The van der Waals surface area contributed by atoms with Gasteiger partial charge < -0.3 is 14.5 Å². The molecule has 2 aromatic heterocycles. The van der Waals surface area contributed by atoms with Gasteiger partial charge in [-0.25, -0.2) is 0 Å². The summed E-state index contributed by atoms with van der Waals surface area (Å²) in [5, 5.41) is 14.3.